The molecule has 18 heavy (non-hydrogen) atoms. The molecule has 2 rings (SSSR count). The highest BCUT2D eigenvalue weighted by atomic mass is 79.9. The molecule has 1 amide bonds. The van der Waals surface area contributed by atoms with Crippen molar-refractivity contribution in [2.45, 2.75) is 25.7 Å². The van der Waals surface area contributed by atoms with Crippen molar-refractivity contribution in [1.82, 2.24) is 10.3 Å². The van der Waals surface area contributed by atoms with Crippen LogP contribution in [0.2, 0.25) is 0 Å². The number of aromatic nitrogens is 1. The Hall–Kier alpha value is -0.980. The van der Waals surface area contributed by atoms with Gasteiger partial charge in [-0.1, -0.05) is 0 Å². The summed E-state index contributed by atoms with van der Waals surface area (Å²) in [5, 5.41) is 2.78. The first-order valence-electron chi connectivity index (χ1n) is 5.68. The molecule has 1 aliphatic rings. The predicted octanol–water partition coefficient (Wildman–Crippen LogP) is 1.73. The van der Waals surface area contributed by atoms with Crippen LogP contribution in [0.15, 0.2) is 22.8 Å². The number of pyridine rings is 1. The number of nitrogens with one attached hydrogen (secondary N) is 1. The van der Waals surface area contributed by atoms with Gasteiger partial charge >= 0.3 is 0 Å². The largest absolute Gasteiger partial charge is 0.348 e. The van der Waals surface area contributed by atoms with Crippen LogP contribution in [0, 0.1) is 0 Å². The summed E-state index contributed by atoms with van der Waals surface area (Å²) in [4.78, 5) is 15.8. The van der Waals surface area contributed by atoms with Gasteiger partial charge in [-0.05, 0) is 41.9 Å². The summed E-state index contributed by atoms with van der Waals surface area (Å²) in [5.74, 6) is -0.776. The lowest BCUT2D eigenvalue weighted by Crippen LogP contribution is -2.34. The molecule has 2 heterocycles. The summed E-state index contributed by atoms with van der Waals surface area (Å²) in [5.41, 5.74) is 0.386. The molecule has 98 valence electrons. The maximum absolute atomic E-state index is 11.8. The average Bonchev–Trinajstić information content (AvgIpc) is 2.67. The first-order valence-corrected chi connectivity index (χ1v) is 6.47. The van der Waals surface area contributed by atoms with Crippen molar-refractivity contribution in [1.29, 1.82) is 0 Å². The van der Waals surface area contributed by atoms with Crippen LogP contribution < -0.4 is 5.32 Å². The van der Waals surface area contributed by atoms with E-state index in [1.165, 1.54) is 0 Å². The maximum Gasteiger partial charge on any atom is 0.269 e. The highest BCUT2D eigenvalue weighted by molar-refractivity contribution is 9.10. The SMILES string of the molecule is CC1(C)OCC(CNC(=O)c2ccc(Br)cn2)O1. The van der Waals surface area contributed by atoms with Crippen molar-refractivity contribution in [3.8, 4) is 0 Å². The van der Waals surface area contributed by atoms with Crippen molar-refractivity contribution >= 4 is 21.8 Å². The fourth-order valence-electron chi connectivity index (χ4n) is 1.67. The molecule has 1 aromatic rings. The smallest absolute Gasteiger partial charge is 0.269 e. The first kappa shape index (κ1) is 13.5. The Morgan fingerprint density at radius 1 is 1.61 bits per heavy atom. The van der Waals surface area contributed by atoms with Crippen LogP contribution in [0.4, 0.5) is 0 Å². The van der Waals surface area contributed by atoms with Crippen molar-refractivity contribution in [2.75, 3.05) is 13.2 Å². The molecular weight excluding hydrogens is 300 g/mol. The van der Waals surface area contributed by atoms with Gasteiger partial charge in [0.05, 0.1) is 6.61 Å². The third-order valence-electron chi connectivity index (χ3n) is 2.52. The molecule has 1 aliphatic heterocycles. The molecule has 1 N–H and O–H groups in total. The van der Waals surface area contributed by atoms with Crippen LogP contribution in [0.25, 0.3) is 0 Å². The zero-order chi connectivity index (χ0) is 13.2. The second kappa shape index (κ2) is 5.34. The van der Waals surface area contributed by atoms with E-state index in [0.29, 0.717) is 18.8 Å². The van der Waals surface area contributed by atoms with E-state index in [1.54, 1.807) is 18.3 Å². The fourth-order valence-corrected chi connectivity index (χ4v) is 1.91. The molecule has 0 aliphatic carbocycles. The molecule has 0 aromatic carbocycles. The lowest BCUT2D eigenvalue weighted by Gasteiger charge is -2.17. The molecule has 5 nitrogen and oxygen atoms in total. The number of hydrogen-bond donors (Lipinski definition) is 1. The van der Waals surface area contributed by atoms with Gasteiger partial charge in [-0.2, -0.15) is 0 Å². The zero-order valence-electron chi connectivity index (χ0n) is 10.3. The van der Waals surface area contributed by atoms with Crippen LogP contribution >= 0.6 is 15.9 Å². The lowest BCUT2D eigenvalue weighted by atomic mass is 10.3. The van der Waals surface area contributed by atoms with Gasteiger partial charge in [-0.25, -0.2) is 4.98 Å². The molecule has 1 atom stereocenters. The van der Waals surface area contributed by atoms with Gasteiger partial charge in [0.2, 0.25) is 0 Å². The van der Waals surface area contributed by atoms with E-state index in [-0.39, 0.29) is 12.0 Å². The van der Waals surface area contributed by atoms with Crippen molar-refractivity contribution < 1.29 is 14.3 Å². The quantitative estimate of drug-likeness (QED) is 0.923. The number of ether oxygens (including phenoxy) is 2. The maximum atomic E-state index is 11.8. The highest BCUT2D eigenvalue weighted by Gasteiger charge is 2.32. The second-order valence-corrected chi connectivity index (χ2v) is 5.44. The molecule has 1 saturated heterocycles. The number of hydrogen-bond acceptors (Lipinski definition) is 4. The minimum atomic E-state index is -0.564. The molecule has 1 aromatic heterocycles. The van der Waals surface area contributed by atoms with E-state index in [0.717, 1.165) is 4.47 Å². The number of carbonyl (C=O) groups excluding carboxylic acids is 1. The molecule has 1 fully saturated rings. The van der Waals surface area contributed by atoms with E-state index >= 15 is 0 Å². The number of nitrogens with zero attached hydrogens (tertiary/aromatic N) is 1. The standard InChI is InChI=1S/C12H15BrN2O3/c1-12(2)17-7-9(18-12)6-15-11(16)10-4-3-8(13)5-14-10/h3-5,9H,6-7H2,1-2H3,(H,15,16). The third-order valence-corrected chi connectivity index (χ3v) is 2.99. The Morgan fingerprint density at radius 3 is 2.94 bits per heavy atom. The summed E-state index contributed by atoms with van der Waals surface area (Å²) in [6, 6.07) is 3.44. The Bertz CT molecular complexity index is 433. The van der Waals surface area contributed by atoms with Crippen LogP contribution in [0.5, 0.6) is 0 Å². The van der Waals surface area contributed by atoms with Crippen LogP contribution in [0.1, 0.15) is 24.3 Å². The van der Waals surface area contributed by atoms with Gasteiger partial charge in [-0.15, -0.1) is 0 Å². The average molecular weight is 315 g/mol. The van der Waals surface area contributed by atoms with E-state index in [2.05, 4.69) is 26.2 Å². The number of halogens is 1. The predicted molar refractivity (Wildman–Crippen MR) is 69.2 cm³/mol. The third kappa shape index (κ3) is 3.51. The van der Waals surface area contributed by atoms with E-state index in [4.69, 9.17) is 9.47 Å². The Morgan fingerprint density at radius 2 is 2.39 bits per heavy atom. The normalized spacial score (nSPS) is 21.8. The summed E-state index contributed by atoms with van der Waals surface area (Å²) in [6.07, 6.45) is 1.48. The minimum absolute atomic E-state index is 0.112. The molecule has 0 bridgehead atoms. The zero-order valence-corrected chi connectivity index (χ0v) is 11.9. The van der Waals surface area contributed by atoms with Gasteiger partial charge in [-0.3, -0.25) is 4.79 Å². The number of amides is 1. The Balaban J connectivity index is 1.84. The van der Waals surface area contributed by atoms with Gasteiger partial charge in [0.25, 0.3) is 5.91 Å². The van der Waals surface area contributed by atoms with Gasteiger partial charge in [0, 0.05) is 17.2 Å². The molecule has 6 heteroatoms. The summed E-state index contributed by atoms with van der Waals surface area (Å²) in [7, 11) is 0. The molecule has 0 radical (unpaired) electrons. The van der Waals surface area contributed by atoms with Gasteiger partial charge in [0.1, 0.15) is 11.8 Å². The lowest BCUT2D eigenvalue weighted by molar-refractivity contribution is -0.137. The monoisotopic (exact) mass is 314 g/mol. The highest BCUT2D eigenvalue weighted by Crippen LogP contribution is 2.21. The molecule has 0 saturated carbocycles. The minimum Gasteiger partial charge on any atom is -0.348 e. The van der Waals surface area contributed by atoms with Crippen molar-refractivity contribution in [2.24, 2.45) is 0 Å². The fraction of sp³-hybridized carbons (Fsp3) is 0.500. The van der Waals surface area contributed by atoms with Crippen LogP contribution in [-0.2, 0) is 9.47 Å². The topological polar surface area (TPSA) is 60.5 Å². The first-order chi connectivity index (χ1) is 8.46. The summed E-state index contributed by atoms with van der Waals surface area (Å²) >= 11 is 3.27. The number of carbonyl (C=O) groups is 1. The molecule has 0 spiro atoms. The van der Waals surface area contributed by atoms with Gasteiger partial charge < -0.3 is 14.8 Å². The van der Waals surface area contributed by atoms with Crippen LogP contribution in [0.3, 0.4) is 0 Å². The Labute approximate surface area is 114 Å². The Kier molecular flexibility index (Phi) is 3.99. The van der Waals surface area contributed by atoms with E-state index < -0.39 is 5.79 Å². The molecule has 1 unspecified atom stereocenters. The van der Waals surface area contributed by atoms with Crippen molar-refractivity contribution in [3.63, 3.8) is 0 Å². The summed E-state index contributed by atoms with van der Waals surface area (Å²) in [6.45, 7) is 4.61. The second-order valence-electron chi connectivity index (χ2n) is 4.52. The molecular formula is C12H15BrN2O3. The van der Waals surface area contributed by atoms with E-state index in [9.17, 15) is 4.79 Å². The van der Waals surface area contributed by atoms with Crippen molar-refractivity contribution in [3.05, 3.63) is 28.5 Å². The van der Waals surface area contributed by atoms with Gasteiger partial charge in [0.15, 0.2) is 5.79 Å². The number of rotatable bonds is 3. The van der Waals surface area contributed by atoms with E-state index in [1.807, 2.05) is 13.8 Å². The summed E-state index contributed by atoms with van der Waals surface area (Å²) < 4.78 is 11.8. The van der Waals surface area contributed by atoms with Crippen LogP contribution in [-0.4, -0.2) is 35.9 Å².